The smallest absolute Gasteiger partial charge is 0.237 e. The topological polar surface area (TPSA) is 69.1 Å². The molecule has 4 N–H and O–H groups in total. The van der Waals surface area contributed by atoms with E-state index in [2.05, 4.69) is 11.4 Å². The summed E-state index contributed by atoms with van der Waals surface area (Å²) in [5, 5.41) is 2.49. The van der Waals surface area contributed by atoms with Gasteiger partial charge in [0.25, 0.3) is 0 Å². The summed E-state index contributed by atoms with van der Waals surface area (Å²) in [5.74, 6) is -0.364. The Bertz CT molecular complexity index is 352. The monoisotopic (exact) mass is 242 g/mol. The second kappa shape index (κ2) is 4.15. The molecule has 1 aliphatic carbocycles. The van der Waals surface area contributed by atoms with Gasteiger partial charge in [-0.05, 0) is 30.7 Å². The molecule has 15 heavy (non-hydrogen) atoms. The minimum atomic E-state index is -0.769. The number of carbonyl (C=O) groups is 1. The molecule has 1 heterocycles. The first kappa shape index (κ1) is 11.0. The van der Waals surface area contributed by atoms with Crippen LogP contribution in [0.15, 0.2) is 21.7 Å². The second-order valence-electron chi connectivity index (χ2n) is 3.94. The van der Waals surface area contributed by atoms with Gasteiger partial charge in [-0.1, -0.05) is 6.07 Å². The molecule has 82 valence electrons. The lowest BCUT2D eigenvalue weighted by molar-refractivity contribution is -0.122. The molecule has 1 amide bonds. The van der Waals surface area contributed by atoms with Gasteiger partial charge in [0, 0.05) is 5.25 Å². The normalized spacial score (nSPS) is 30.6. The fraction of sp³-hybridized carbons (Fsp3) is 0.500. The quantitative estimate of drug-likeness (QED) is 0.845. The summed E-state index contributed by atoms with van der Waals surface area (Å²) in [6, 6.07) is 4.13. The highest BCUT2D eigenvalue weighted by Crippen LogP contribution is 2.40. The van der Waals surface area contributed by atoms with E-state index in [1.54, 1.807) is 11.3 Å². The summed E-state index contributed by atoms with van der Waals surface area (Å²) in [4.78, 5) is 11.2. The van der Waals surface area contributed by atoms with Crippen molar-refractivity contribution < 1.29 is 4.79 Å². The molecule has 1 fully saturated rings. The molecule has 0 spiro atoms. The van der Waals surface area contributed by atoms with Gasteiger partial charge in [-0.3, -0.25) is 4.79 Å². The predicted molar refractivity (Wildman–Crippen MR) is 63.9 cm³/mol. The Morgan fingerprint density at radius 1 is 1.67 bits per heavy atom. The van der Waals surface area contributed by atoms with Crippen molar-refractivity contribution in [2.24, 2.45) is 11.5 Å². The van der Waals surface area contributed by atoms with Crippen LogP contribution in [0.1, 0.15) is 19.3 Å². The molecule has 1 aliphatic rings. The van der Waals surface area contributed by atoms with Crippen LogP contribution in [0.5, 0.6) is 0 Å². The van der Waals surface area contributed by atoms with Gasteiger partial charge in [-0.2, -0.15) is 0 Å². The fourth-order valence-corrected chi connectivity index (χ4v) is 4.20. The Morgan fingerprint density at radius 3 is 3.00 bits per heavy atom. The SMILES string of the molecule is NC(=O)C1(N)CCC(Sc2cccs2)C1. The molecule has 0 aromatic carbocycles. The van der Waals surface area contributed by atoms with Crippen molar-refractivity contribution in [3.63, 3.8) is 0 Å². The molecule has 5 heteroatoms. The van der Waals surface area contributed by atoms with Crippen molar-refractivity contribution >= 4 is 29.0 Å². The highest BCUT2D eigenvalue weighted by molar-refractivity contribution is 8.01. The summed E-state index contributed by atoms with van der Waals surface area (Å²) in [5.41, 5.74) is 10.5. The predicted octanol–water partition coefficient (Wildman–Crippen LogP) is 1.58. The Labute approximate surface area is 97.2 Å². The third-order valence-electron chi connectivity index (χ3n) is 2.77. The number of primary amides is 1. The Kier molecular flexibility index (Phi) is 3.04. The molecule has 1 saturated carbocycles. The van der Waals surface area contributed by atoms with E-state index in [9.17, 15) is 4.79 Å². The lowest BCUT2D eigenvalue weighted by Gasteiger charge is -2.19. The van der Waals surface area contributed by atoms with Crippen molar-refractivity contribution in [3.05, 3.63) is 17.5 Å². The van der Waals surface area contributed by atoms with Gasteiger partial charge in [-0.15, -0.1) is 23.1 Å². The molecule has 2 unspecified atom stereocenters. The van der Waals surface area contributed by atoms with E-state index in [1.165, 1.54) is 4.21 Å². The summed E-state index contributed by atoms with van der Waals surface area (Å²) in [6.07, 6.45) is 2.39. The molecule has 2 atom stereocenters. The van der Waals surface area contributed by atoms with Gasteiger partial charge < -0.3 is 11.5 Å². The van der Waals surface area contributed by atoms with E-state index in [0.29, 0.717) is 18.1 Å². The van der Waals surface area contributed by atoms with Crippen molar-refractivity contribution in [1.29, 1.82) is 0 Å². The zero-order valence-corrected chi connectivity index (χ0v) is 9.94. The molecule has 0 radical (unpaired) electrons. The standard InChI is InChI=1S/C10H14N2OS2/c11-9(13)10(12)4-3-7(6-10)15-8-2-1-5-14-8/h1-2,5,7H,3-4,6,12H2,(H2,11,13). The molecule has 0 saturated heterocycles. The molecular formula is C10H14N2OS2. The van der Waals surface area contributed by atoms with E-state index < -0.39 is 5.54 Å². The first-order valence-electron chi connectivity index (χ1n) is 4.89. The molecule has 0 aliphatic heterocycles. The van der Waals surface area contributed by atoms with E-state index in [-0.39, 0.29) is 5.91 Å². The van der Waals surface area contributed by atoms with Gasteiger partial charge in [0.15, 0.2) is 0 Å². The molecule has 1 aromatic heterocycles. The Morgan fingerprint density at radius 2 is 2.47 bits per heavy atom. The maximum Gasteiger partial charge on any atom is 0.237 e. The average Bonchev–Trinajstić information content (AvgIpc) is 2.77. The van der Waals surface area contributed by atoms with Crippen molar-refractivity contribution in [2.75, 3.05) is 0 Å². The van der Waals surface area contributed by atoms with Crippen molar-refractivity contribution in [3.8, 4) is 0 Å². The van der Waals surface area contributed by atoms with Crippen LogP contribution in [0, 0.1) is 0 Å². The third kappa shape index (κ3) is 2.35. The van der Waals surface area contributed by atoms with Gasteiger partial charge in [0.1, 0.15) is 0 Å². The zero-order chi connectivity index (χ0) is 10.9. The van der Waals surface area contributed by atoms with E-state index in [4.69, 9.17) is 11.5 Å². The van der Waals surface area contributed by atoms with Crippen LogP contribution in [0.4, 0.5) is 0 Å². The summed E-state index contributed by atoms with van der Waals surface area (Å²) in [6.45, 7) is 0. The summed E-state index contributed by atoms with van der Waals surface area (Å²) < 4.78 is 1.29. The van der Waals surface area contributed by atoms with Crippen LogP contribution in [-0.4, -0.2) is 16.7 Å². The number of rotatable bonds is 3. The van der Waals surface area contributed by atoms with Crippen LogP contribution in [0.25, 0.3) is 0 Å². The number of thiophene rings is 1. The van der Waals surface area contributed by atoms with Crippen molar-refractivity contribution in [1.82, 2.24) is 0 Å². The Hall–Kier alpha value is -0.520. The van der Waals surface area contributed by atoms with E-state index >= 15 is 0 Å². The Balaban J connectivity index is 1.96. The zero-order valence-electron chi connectivity index (χ0n) is 8.31. The number of amides is 1. The lowest BCUT2D eigenvalue weighted by atomic mass is 9.99. The summed E-state index contributed by atoms with van der Waals surface area (Å²) in [7, 11) is 0. The molecular weight excluding hydrogens is 228 g/mol. The van der Waals surface area contributed by atoms with E-state index in [0.717, 1.165) is 6.42 Å². The third-order valence-corrected chi connectivity index (χ3v) is 5.12. The van der Waals surface area contributed by atoms with Crippen LogP contribution in [-0.2, 0) is 4.79 Å². The maximum absolute atomic E-state index is 11.2. The summed E-state index contributed by atoms with van der Waals surface area (Å²) >= 11 is 3.53. The van der Waals surface area contributed by atoms with Crippen LogP contribution in [0.3, 0.4) is 0 Å². The number of nitrogens with two attached hydrogens (primary N) is 2. The largest absolute Gasteiger partial charge is 0.368 e. The number of thioether (sulfide) groups is 1. The minimum Gasteiger partial charge on any atom is -0.368 e. The fourth-order valence-electron chi connectivity index (χ4n) is 1.85. The lowest BCUT2D eigenvalue weighted by Crippen LogP contribution is -2.50. The molecule has 3 nitrogen and oxygen atoms in total. The molecule has 2 rings (SSSR count). The highest BCUT2D eigenvalue weighted by Gasteiger charge is 2.40. The van der Waals surface area contributed by atoms with Gasteiger partial charge in [0.05, 0.1) is 9.75 Å². The number of hydrogen-bond acceptors (Lipinski definition) is 4. The maximum atomic E-state index is 11.2. The second-order valence-corrected chi connectivity index (χ2v) is 6.48. The highest BCUT2D eigenvalue weighted by atomic mass is 32.2. The number of carbonyl (C=O) groups excluding carboxylic acids is 1. The van der Waals surface area contributed by atoms with Gasteiger partial charge in [-0.25, -0.2) is 0 Å². The van der Waals surface area contributed by atoms with Crippen LogP contribution >= 0.6 is 23.1 Å². The number of hydrogen-bond donors (Lipinski definition) is 2. The molecule has 0 bridgehead atoms. The average molecular weight is 242 g/mol. The van der Waals surface area contributed by atoms with E-state index in [1.807, 2.05) is 17.8 Å². The molecule has 1 aromatic rings. The van der Waals surface area contributed by atoms with Gasteiger partial charge in [0.2, 0.25) is 5.91 Å². The first-order valence-corrected chi connectivity index (χ1v) is 6.65. The van der Waals surface area contributed by atoms with Crippen LogP contribution in [0.2, 0.25) is 0 Å². The minimum absolute atomic E-state index is 0.364. The van der Waals surface area contributed by atoms with Crippen molar-refractivity contribution in [2.45, 2.75) is 34.3 Å². The first-order chi connectivity index (χ1) is 7.10. The van der Waals surface area contributed by atoms with Crippen LogP contribution < -0.4 is 11.5 Å². The van der Waals surface area contributed by atoms with Gasteiger partial charge >= 0.3 is 0 Å².